The van der Waals surface area contributed by atoms with Crippen molar-refractivity contribution in [2.45, 2.75) is 18.9 Å². The van der Waals surface area contributed by atoms with E-state index in [1.165, 1.54) is 0 Å². The molecule has 0 aromatic heterocycles. The van der Waals surface area contributed by atoms with Gasteiger partial charge in [-0.25, -0.2) is 0 Å². The lowest BCUT2D eigenvalue weighted by Gasteiger charge is -2.26. The highest BCUT2D eigenvalue weighted by Gasteiger charge is 2.31. The molecule has 1 atom stereocenters. The normalized spacial score (nSPS) is 18.7. The van der Waals surface area contributed by atoms with Crippen LogP contribution in [0.1, 0.15) is 24.4 Å². The number of fused-ring (bicyclic) bond motifs is 1. The molecule has 1 amide bonds. The summed E-state index contributed by atoms with van der Waals surface area (Å²) in [5, 5.41) is 0.505. The van der Waals surface area contributed by atoms with E-state index in [0.717, 1.165) is 36.4 Å². The third-order valence-corrected chi connectivity index (χ3v) is 5.02. The number of amides is 1. The molecule has 2 aliphatic rings. The van der Waals surface area contributed by atoms with Crippen LogP contribution in [0.15, 0.2) is 42.5 Å². The van der Waals surface area contributed by atoms with E-state index in [1.807, 2.05) is 35.2 Å². The molecule has 0 bridgehead atoms. The Morgan fingerprint density at radius 1 is 1.15 bits per heavy atom. The first-order valence-electron chi connectivity index (χ1n) is 8.79. The van der Waals surface area contributed by atoms with Crippen molar-refractivity contribution in [2.24, 2.45) is 0 Å². The Morgan fingerprint density at radius 2 is 1.96 bits per heavy atom. The van der Waals surface area contributed by atoms with Crippen LogP contribution in [0.2, 0.25) is 5.02 Å². The summed E-state index contributed by atoms with van der Waals surface area (Å²) in [7, 11) is 0. The van der Waals surface area contributed by atoms with E-state index < -0.39 is 0 Å². The van der Waals surface area contributed by atoms with E-state index in [9.17, 15) is 4.79 Å². The third kappa shape index (κ3) is 3.44. The summed E-state index contributed by atoms with van der Waals surface area (Å²) in [6, 6.07) is 13.1. The first-order chi connectivity index (χ1) is 12.7. The summed E-state index contributed by atoms with van der Waals surface area (Å²) in [4.78, 5) is 14.6. The molecular weight excluding hydrogens is 354 g/mol. The third-order valence-electron chi connectivity index (χ3n) is 4.71. The number of carbonyl (C=O) groups excluding carboxylic acids is 1. The lowest BCUT2D eigenvalue weighted by molar-refractivity contribution is -0.134. The Bertz CT molecular complexity index is 810. The topological polar surface area (TPSA) is 48.0 Å². The van der Waals surface area contributed by atoms with Gasteiger partial charge in [-0.2, -0.15) is 0 Å². The Labute approximate surface area is 157 Å². The minimum absolute atomic E-state index is 0.0230. The minimum Gasteiger partial charge on any atom is -0.486 e. The SMILES string of the molecule is O=C(COc1ccccc1Cl)N1CCC[C@H]1c1ccc2c(c1)OCCO2. The first kappa shape index (κ1) is 17.0. The molecule has 0 radical (unpaired) electrons. The number of carbonyl (C=O) groups is 1. The Morgan fingerprint density at radius 3 is 2.81 bits per heavy atom. The van der Waals surface area contributed by atoms with E-state index in [1.54, 1.807) is 12.1 Å². The van der Waals surface area contributed by atoms with Gasteiger partial charge in [0.1, 0.15) is 19.0 Å². The number of para-hydroxylation sites is 1. The predicted molar refractivity (Wildman–Crippen MR) is 98.1 cm³/mol. The Balaban J connectivity index is 1.46. The number of rotatable bonds is 4. The number of likely N-dealkylation sites (tertiary alicyclic amines) is 1. The molecule has 2 heterocycles. The number of benzene rings is 2. The Hall–Kier alpha value is -2.40. The number of ether oxygens (including phenoxy) is 3. The van der Waals surface area contributed by atoms with Crippen molar-refractivity contribution in [1.29, 1.82) is 0 Å². The quantitative estimate of drug-likeness (QED) is 0.816. The molecule has 4 rings (SSSR count). The van der Waals surface area contributed by atoms with E-state index in [2.05, 4.69) is 0 Å². The average molecular weight is 374 g/mol. The van der Waals surface area contributed by atoms with Crippen molar-refractivity contribution in [3.63, 3.8) is 0 Å². The van der Waals surface area contributed by atoms with Gasteiger partial charge in [0.25, 0.3) is 5.91 Å². The minimum atomic E-state index is -0.0395. The number of nitrogens with zero attached hydrogens (tertiary/aromatic N) is 1. The molecule has 2 aromatic carbocycles. The van der Waals surface area contributed by atoms with Gasteiger partial charge in [-0.1, -0.05) is 29.8 Å². The van der Waals surface area contributed by atoms with E-state index in [-0.39, 0.29) is 18.6 Å². The molecule has 0 saturated carbocycles. The lowest BCUT2D eigenvalue weighted by Crippen LogP contribution is -2.34. The molecule has 0 unspecified atom stereocenters. The zero-order chi connectivity index (χ0) is 17.9. The van der Waals surface area contributed by atoms with E-state index in [4.69, 9.17) is 25.8 Å². The van der Waals surface area contributed by atoms with Crippen molar-refractivity contribution in [1.82, 2.24) is 4.90 Å². The largest absolute Gasteiger partial charge is 0.486 e. The van der Waals surface area contributed by atoms with Gasteiger partial charge in [0.15, 0.2) is 18.1 Å². The fourth-order valence-corrected chi connectivity index (χ4v) is 3.65. The summed E-state index contributed by atoms with van der Waals surface area (Å²) in [5.41, 5.74) is 1.07. The molecule has 0 aliphatic carbocycles. The van der Waals surface area contributed by atoms with Crippen LogP contribution >= 0.6 is 11.6 Å². The fourth-order valence-electron chi connectivity index (χ4n) is 3.46. The number of hydrogen-bond acceptors (Lipinski definition) is 4. The van der Waals surface area contributed by atoms with Gasteiger partial charge < -0.3 is 19.1 Å². The summed E-state index contributed by atoms with van der Waals surface area (Å²) in [6.07, 6.45) is 1.90. The summed E-state index contributed by atoms with van der Waals surface area (Å²) in [6.45, 7) is 1.82. The molecule has 1 fully saturated rings. The maximum atomic E-state index is 12.7. The highest BCUT2D eigenvalue weighted by atomic mass is 35.5. The molecule has 2 aliphatic heterocycles. The second kappa shape index (κ2) is 7.46. The van der Waals surface area contributed by atoms with Gasteiger partial charge in [-0.15, -0.1) is 0 Å². The van der Waals surface area contributed by atoms with E-state index >= 15 is 0 Å². The molecule has 2 aromatic rings. The second-order valence-electron chi connectivity index (χ2n) is 6.37. The van der Waals surface area contributed by atoms with Crippen molar-refractivity contribution in [3.8, 4) is 17.2 Å². The Kier molecular flexibility index (Phi) is 4.89. The van der Waals surface area contributed by atoms with Gasteiger partial charge in [0.05, 0.1) is 11.1 Å². The van der Waals surface area contributed by atoms with Gasteiger partial charge in [0, 0.05) is 6.54 Å². The second-order valence-corrected chi connectivity index (χ2v) is 6.77. The molecule has 0 spiro atoms. The maximum Gasteiger partial charge on any atom is 0.261 e. The smallest absolute Gasteiger partial charge is 0.261 e. The number of halogens is 1. The molecule has 26 heavy (non-hydrogen) atoms. The van der Waals surface area contributed by atoms with Crippen molar-refractivity contribution >= 4 is 17.5 Å². The maximum absolute atomic E-state index is 12.7. The van der Waals surface area contributed by atoms with Crippen LogP contribution in [0.25, 0.3) is 0 Å². The van der Waals surface area contributed by atoms with Crippen LogP contribution in [0, 0.1) is 0 Å². The predicted octanol–water partition coefficient (Wildman–Crippen LogP) is 3.85. The van der Waals surface area contributed by atoms with Crippen molar-refractivity contribution in [3.05, 3.63) is 53.1 Å². The highest BCUT2D eigenvalue weighted by molar-refractivity contribution is 6.32. The van der Waals surface area contributed by atoms with Gasteiger partial charge >= 0.3 is 0 Å². The molecule has 0 N–H and O–H groups in total. The monoisotopic (exact) mass is 373 g/mol. The number of hydrogen-bond donors (Lipinski definition) is 0. The van der Waals surface area contributed by atoms with Gasteiger partial charge in [-0.05, 0) is 42.7 Å². The van der Waals surface area contributed by atoms with Gasteiger partial charge in [0.2, 0.25) is 0 Å². The van der Waals surface area contributed by atoms with Crippen LogP contribution in [0.5, 0.6) is 17.2 Å². The van der Waals surface area contributed by atoms with Crippen LogP contribution in [-0.4, -0.2) is 37.2 Å². The van der Waals surface area contributed by atoms with Crippen LogP contribution in [0.4, 0.5) is 0 Å². The zero-order valence-electron chi connectivity index (χ0n) is 14.3. The molecule has 1 saturated heterocycles. The summed E-state index contributed by atoms with van der Waals surface area (Å²) in [5.74, 6) is 2.00. The molecule has 136 valence electrons. The standard InChI is InChI=1S/C20H20ClNO4/c21-15-4-1-2-6-17(15)26-13-20(23)22-9-3-5-16(22)14-7-8-18-19(12-14)25-11-10-24-18/h1-2,4,6-8,12,16H,3,5,9-11,13H2/t16-/m0/s1. The zero-order valence-corrected chi connectivity index (χ0v) is 15.1. The molecular formula is C20H20ClNO4. The molecule has 6 heteroatoms. The highest BCUT2D eigenvalue weighted by Crippen LogP contribution is 2.38. The fraction of sp³-hybridized carbons (Fsp3) is 0.350. The first-order valence-corrected chi connectivity index (χ1v) is 9.16. The van der Waals surface area contributed by atoms with Crippen LogP contribution in [-0.2, 0) is 4.79 Å². The lowest BCUT2D eigenvalue weighted by atomic mass is 10.0. The summed E-state index contributed by atoms with van der Waals surface area (Å²) < 4.78 is 16.9. The summed E-state index contributed by atoms with van der Waals surface area (Å²) >= 11 is 6.08. The van der Waals surface area contributed by atoms with Gasteiger partial charge in [-0.3, -0.25) is 4.79 Å². The van der Waals surface area contributed by atoms with Crippen LogP contribution < -0.4 is 14.2 Å². The van der Waals surface area contributed by atoms with Crippen LogP contribution in [0.3, 0.4) is 0 Å². The average Bonchev–Trinajstić information content (AvgIpc) is 3.17. The van der Waals surface area contributed by atoms with E-state index in [0.29, 0.717) is 24.0 Å². The van der Waals surface area contributed by atoms with Crippen molar-refractivity contribution in [2.75, 3.05) is 26.4 Å². The molecule has 5 nitrogen and oxygen atoms in total. The van der Waals surface area contributed by atoms with Crippen molar-refractivity contribution < 1.29 is 19.0 Å².